The molecule has 0 saturated heterocycles. The number of nitrogens with two attached hydrogens (primary N) is 1. The van der Waals surface area contributed by atoms with Crippen LogP contribution < -0.4 is 15.2 Å². The fourth-order valence-electron chi connectivity index (χ4n) is 2.63. The molecule has 6 heteroatoms. The van der Waals surface area contributed by atoms with Crippen LogP contribution in [0.5, 0.6) is 5.75 Å². The Hall–Kier alpha value is -1.11. The Labute approximate surface area is 126 Å². The molecule has 118 valence electrons. The van der Waals surface area contributed by atoms with Gasteiger partial charge >= 0.3 is 0 Å². The van der Waals surface area contributed by atoms with Crippen LogP contribution in [-0.4, -0.2) is 27.1 Å². The summed E-state index contributed by atoms with van der Waals surface area (Å²) < 4.78 is 33.1. The van der Waals surface area contributed by atoms with Gasteiger partial charge in [-0.15, -0.1) is 0 Å². The Morgan fingerprint density at radius 2 is 1.95 bits per heavy atom. The molecule has 0 aromatic heterocycles. The minimum absolute atomic E-state index is 0.0123. The molecule has 0 radical (unpaired) electrons. The van der Waals surface area contributed by atoms with Crippen molar-refractivity contribution in [3.8, 4) is 5.75 Å². The van der Waals surface area contributed by atoms with E-state index in [1.54, 1.807) is 18.2 Å². The number of hydrogen-bond donors (Lipinski definition) is 2. The number of sulfonamides is 1. The second kappa shape index (κ2) is 6.77. The van der Waals surface area contributed by atoms with Crippen LogP contribution in [0.2, 0.25) is 0 Å². The van der Waals surface area contributed by atoms with Crippen molar-refractivity contribution in [2.75, 3.05) is 6.61 Å². The van der Waals surface area contributed by atoms with Crippen LogP contribution in [0.4, 0.5) is 0 Å². The number of benzene rings is 1. The molecule has 1 aromatic rings. The summed E-state index contributed by atoms with van der Waals surface area (Å²) in [6, 6.07) is 5.15. The normalized spacial score (nSPS) is 23.0. The zero-order valence-electron chi connectivity index (χ0n) is 12.6. The minimum Gasteiger partial charge on any atom is -0.494 e. The molecule has 0 amide bonds. The molecule has 1 fully saturated rings. The first-order chi connectivity index (χ1) is 9.92. The summed E-state index contributed by atoms with van der Waals surface area (Å²) in [4.78, 5) is 0.290. The molecule has 0 atom stereocenters. The summed E-state index contributed by atoms with van der Waals surface area (Å²) in [5, 5.41) is 0. The van der Waals surface area contributed by atoms with Gasteiger partial charge in [-0.1, -0.05) is 0 Å². The lowest BCUT2D eigenvalue weighted by molar-refractivity contribution is 0.337. The molecule has 5 nitrogen and oxygen atoms in total. The Morgan fingerprint density at radius 3 is 2.52 bits per heavy atom. The highest BCUT2D eigenvalue weighted by Gasteiger charge is 2.24. The molecule has 1 aromatic carbocycles. The van der Waals surface area contributed by atoms with E-state index in [1.807, 2.05) is 13.8 Å². The van der Waals surface area contributed by atoms with Crippen molar-refractivity contribution in [3.05, 3.63) is 23.8 Å². The average molecular weight is 312 g/mol. The topological polar surface area (TPSA) is 81.4 Å². The highest BCUT2D eigenvalue weighted by Crippen LogP contribution is 2.23. The average Bonchev–Trinajstić information content (AvgIpc) is 2.43. The van der Waals surface area contributed by atoms with Crippen LogP contribution in [0.15, 0.2) is 23.1 Å². The van der Waals surface area contributed by atoms with Crippen LogP contribution in [0.25, 0.3) is 0 Å². The van der Waals surface area contributed by atoms with E-state index in [2.05, 4.69) is 4.72 Å². The molecule has 2 rings (SSSR count). The highest BCUT2D eigenvalue weighted by atomic mass is 32.2. The summed E-state index contributed by atoms with van der Waals surface area (Å²) in [6.45, 7) is 4.32. The monoisotopic (exact) mass is 312 g/mol. The molecule has 0 aliphatic heterocycles. The lowest BCUT2D eigenvalue weighted by Crippen LogP contribution is -2.40. The van der Waals surface area contributed by atoms with Crippen molar-refractivity contribution in [2.45, 2.75) is 56.5 Å². The molecule has 0 spiro atoms. The number of hydrogen-bond acceptors (Lipinski definition) is 4. The van der Waals surface area contributed by atoms with Crippen molar-refractivity contribution in [1.82, 2.24) is 4.72 Å². The third kappa shape index (κ3) is 4.18. The quantitative estimate of drug-likeness (QED) is 0.870. The van der Waals surface area contributed by atoms with Gasteiger partial charge in [0.2, 0.25) is 10.0 Å². The standard InChI is InChI=1S/C15H24N2O3S/c1-3-20-15-9-8-14(10-11(15)2)21(18,19)17-13-6-4-12(16)5-7-13/h8-10,12-13,17H,3-7,16H2,1-2H3. The lowest BCUT2D eigenvalue weighted by Gasteiger charge is -2.26. The zero-order chi connectivity index (χ0) is 15.5. The maximum atomic E-state index is 12.4. The van der Waals surface area contributed by atoms with E-state index in [0.29, 0.717) is 11.5 Å². The second-order valence-corrected chi connectivity index (χ2v) is 7.31. The van der Waals surface area contributed by atoms with Crippen LogP contribution in [0.1, 0.15) is 38.2 Å². The summed E-state index contributed by atoms with van der Waals surface area (Å²) in [5.41, 5.74) is 6.67. The van der Waals surface area contributed by atoms with Crippen molar-refractivity contribution < 1.29 is 13.2 Å². The third-order valence-corrected chi connectivity index (χ3v) is 5.37. The molecule has 0 bridgehead atoms. The van der Waals surface area contributed by atoms with Gasteiger partial charge in [0.1, 0.15) is 5.75 Å². The Balaban J connectivity index is 2.10. The third-order valence-electron chi connectivity index (χ3n) is 3.85. The number of nitrogens with one attached hydrogen (secondary N) is 1. The Kier molecular flexibility index (Phi) is 5.24. The molecular weight excluding hydrogens is 288 g/mol. The minimum atomic E-state index is -3.48. The summed E-state index contributed by atoms with van der Waals surface area (Å²) in [6.07, 6.45) is 3.35. The predicted molar refractivity (Wildman–Crippen MR) is 82.9 cm³/mol. The van der Waals surface area contributed by atoms with Crippen LogP contribution >= 0.6 is 0 Å². The zero-order valence-corrected chi connectivity index (χ0v) is 13.4. The van der Waals surface area contributed by atoms with Crippen LogP contribution in [0, 0.1) is 6.92 Å². The Bertz CT molecular complexity index is 579. The van der Waals surface area contributed by atoms with Gasteiger partial charge in [-0.25, -0.2) is 13.1 Å². The first-order valence-corrected chi connectivity index (χ1v) is 8.92. The molecule has 3 N–H and O–H groups in total. The Morgan fingerprint density at radius 1 is 1.29 bits per heavy atom. The van der Waals surface area contributed by atoms with E-state index in [-0.39, 0.29) is 12.1 Å². The second-order valence-electron chi connectivity index (χ2n) is 5.59. The van der Waals surface area contributed by atoms with Crippen molar-refractivity contribution in [2.24, 2.45) is 5.73 Å². The number of aryl methyl sites for hydroxylation is 1. The van der Waals surface area contributed by atoms with Gasteiger partial charge in [-0.3, -0.25) is 0 Å². The van der Waals surface area contributed by atoms with E-state index in [4.69, 9.17) is 10.5 Å². The smallest absolute Gasteiger partial charge is 0.240 e. The largest absolute Gasteiger partial charge is 0.494 e. The van der Waals surface area contributed by atoms with E-state index in [1.165, 1.54) is 0 Å². The number of rotatable bonds is 5. The van der Waals surface area contributed by atoms with E-state index in [0.717, 1.165) is 37.0 Å². The van der Waals surface area contributed by atoms with Gasteiger partial charge in [0.25, 0.3) is 0 Å². The van der Waals surface area contributed by atoms with Gasteiger partial charge in [0.05, 0.1) is 11.5 Å². The first kappa shape index (κ1) is 16.3. The first-order valence-electron chi connectivity index (χ1n) is 7.43. The SMILES string of the molecule is CCOc1ccc(S(=O)(=O)NC2CCC(N)CC2)cc1C. The van der Waals surface area contributed by atoms with E-state index in [9.17, 15) is 8.42 Å². The molecule has 21 heavy (non-hydrogen) atoms. The van der Waals surface area contributed by atoms with Gasteiger partial charge < -0.3 is 10.5 Å². The van der Waals surface area contributed by atoms with E-state index < -0.39 is 10.0 Å². The highest BCUT2D eigenvalue weighted by molar-refractivity contribution is 7.89. The summed E-state index contributed by atoms with van der Waals surface area (Å²) in [5.74, 6) is 0.722. The summed E-state index contributed by atoms with van der Waals surface area (Å²) >= 11 is 0. The number of ether oxygens (including phenoxy) is 1. The summed E-state index contributed by atoms with van der Waals surface area (Å²) in [7, 11) is -3.48. The van der Waals surface area contributed by atoms with Gasteiger partial charge in [0, 0.05) is 12.1 Å². The van der Waals surface area contributed by atoms with Crippen molar-refractivity contribution in [1.29, 1.82) is 0 Å². The molecule has 1 aliphatic carbocycles. The lowest BCUT2D eigenvalue weighted by atomic mass is 9.93. The maximum Gasteiger partial charge on any atom is 0.240 e. The van der Waals surface area contributed by atoms with Gasteiger partial charge in [-0.05, 0) is 63.3 Å². The van der Waals surface area contributed by atoms with Crippen LogP contribution in [0.3, 0.4) is 0 Å². The van der Waals surface area contributed by atoms with Crippen LogP contribution in [-0.2, 0) is 10.0 Å². The van der Waals surface area contributed by atoms with Crippen molar-refractivity contribution >= 4 is 10.0 Å². The molecule has 0 heterocycles. The maximum absolute atomic E-state index is 12.4. The molecule has 0 unspecified atom stereocenters. The molecule has 1 saturated carbocycles. The molecule has 1 aliphatic rings. The van der Waals surface area contributed by atoms with Gasteiger partial charge in [0.15, 0.2) is 0 Å². The van der Waals surface area contributed by atoms with Gasteiger partial charge in [-0.2, -0.15) is 0 Å². The fraction of sp³-hybridized carbons (Fsp3) is 0.600. The van der Waals surface area contributed by atoms with Crippen molar-refractivity contribution in [3.63, 3.8) is 0 Å². The molecular formula is C15H24N2O3S. The fourth-order valence-corrected chi connectivity index (χ4v) is 4.02. The predicted octanol–water partition coefficient (Wildman–Crippen LogP) is 1.94. The van der Waals surface area contributed by atoms with E-state index >= 15 is 0 Å².